The quantitative estimate of drug-likeness (QED) is 0.343. The molecule has 0 radical (unpaired) electrons. The number of hydrogen-bond donors (Lipinski definition) is 0. The summed E-state index contributed by atoms with van der Waals surface area (Å²) in [5.41, 5.74) is -0.798. The fourth-order valence-electron chi connectivity index (χ4n) is 0.658. The monoisotopic (exact) mass is 364 g/mol. The minimum Gasteiger partial charge on any atom is -0.260 e. The van der Waals surface area contributed by atoms with Gasteiger partial charge in [-0.05, 0) is 6.07 Å². The first-order valence-corrected chi connectivity index (χ1v) is 2.92. The van der Waals surface area contributed by atoms with Crippen molar-refractivity contribution >= 4 is 11.4 Å². The van der Waals surface area contributed by atoms with Gasteiger partial charge in [0, 0.05) is 9.85 Å². The van der Waals surface area contributed by atoms with Crippen LogP contribution in [0.1, 0.15) is 0 Å². The van der Waals surface area contributed by atoms with Crippen molar-refractivity contribution < 1.29 is 32.2 Å². The molecule has 0 spiro atoms. The molecule has 1 rings (SSSR count). The van der Waals surface area contributed by atoms with Crippen LogP contribution in [0.5, 0.6) is 0 Å². The van der Waals surface area contributed by atoms with Crippen LogP contribution in [0, 0.1) is 26.3 Å². The van der Waals surface area contributed by atoms with E-state index in [0.717, 1.165) is 12.1 Å². The van der Waals surface area contributed by atoms with Crippen LogP contribution in [-0.4, -0.2) is 9.85 Å². The number of hydrogen-bond acceptors (Lipinski definition) is 4. The third-order valence-electron chi connectivity index (χ3n) is 1.16. The Balaban J connectivity index is 0.00000144. The maximum atomic E-state index is 10.1. The fraction of sp³-hybridized carbons (Fsp3) is 0. The van der Waals surface area contributed by atoms with Gasteiger partial charge in [0.05, 0.1) is 0 Å². The van der Waals surface area contributed by atoms with Gasteiger partial charge in [-0.2, -0.15) is 6.07 Å². The Kier molecular flexibility index (Phi) is 4.26. The average molecular weight is 364 g/mol. The third-order valence-corrected chi connectivity index (χ3v) is 1.16. The molecule has 1 aromatic carbocycles. The molecule has 0 fully saturated rings. The van der Waals surface area contributed by atoms with E-state index in [1.807, 2.05) is 6.07 Å². The van der Waals surface area contributed by atoms with Gasteiger partial charge in [0.2, 0.25) is 0 Å². The summed E-state index contributed by atoms with van der Waals surface area (Å²) in [6, 6.07) is 5.58. The summed E-state index contributed by atoms with van der Waals surface area (Å²) in [7, 11) is 0. The second-order valence-corrected chi connectivity index (χ2v) is 1.94. The topological polar surface area (TPSA) is 86.3 Å². The van der Waals surface area contributed by atoms with Crippen LogP contribution in [0.25, 0.3) is 0 Å². The standard InChI is InChI=1S/C6H3N2O4.Au/c9-7(10)5-2-1-3-6(4-5)8(11)12;/h1-3H;/q-1;+1. The van der Waals surface area contributed by atoms with E-state index in [4.69, 9.17) is 0 Å². The summed E-state index contributed by atoms with van der Waals surface area (Å²) < 4.78 is 0. The van der Waals surface area contributed by atoms with Crippen LogP contribution in [0.15, 0.2) is 18.2 Å². The molecule has 0 bridgehead atoms. The molecule has 0 heterocycles. The number of benzene rings is 1. The van der Waals surface area contributed by atoms with E-state index in [-0.39, 0.29) is 22.4 Å². The summed E-state index contributed by atoms with van der Waals surface area (Å²) in [5.74, 6) is 0. The molecule has 0 aliphatic rings. The van der Waals surface area contributed by atoms with Gasteiger partial charge >= 0.3 is 22.4 Å². The van der Waals surface area contributed by atoms with Crippen LogP contribution in [0.4, 0.5) is 11.4 Å². The Morgan fingerprint density at radius 2 is 1.46 bits per heavy atom. The molecular formula is C6H3AuN2O4. The molecule has 72 valence electrons. The smallest absolute Gasteiger partial charge is 0.260 e. The van der Waals surface area contributed by atoms with Gasteiger partial charge in [-0.25, -0.2) is 0 Å². The largest absolute Gasteiger partial charge is 1.00 e. The molecule has 1 aromatic rings. The van der Waals surface area contributed by atoms with Crippen molar-refractivity contribution in [3.63, 3.8) is 0 Å². The van der Waals surface area contributed by atoms with Crippen LogP contribution in [0.3, 0.4) is 0 Å². The molecule has 0 unspecified atom stereocenters. The number of nitro groups is 2. The van der Waals surface area contributed by atoms with Crippen molar-refractivity contribution in [2.24, 2.45) is 0 Å². The van der Waals surface area contributed by atoms with Crippen molar-refractivity contribution in [1.29, 1.82) is 0 Å². The molecule has 13 heavy (non-hydrogen) atoms. The number of nitro benzene ring substituents is 2. The first kappa shape index (κ1) is 11.8. The van der Waals surface area contributed by atoms with Crippen molar-refractivity contribution in [2.75, 3.05) is 0 Å². The number of nitrogens with zero attached hydrogens (tertiary/aromatic N) is 2. The second-order valence-electron chi connectivity index (χ2n) is 1.94. The van der Waals surface area contributed by atoms with E-state index < -0.39 is 21.2 Å². The molecule has 0 N–H and O–H groups in total. The van der Waals surface area contributed by atoms with Crippen LogP contribution < -0.4 is 0 Å². The summed E-state index contributed by atoms with van der Waals surface area (Å²) in [5, 5.41) is 20.3. The predicted octanol–water partition coefficient (Wildman–Crippen LogP) is 1.30. The zero-order valence-electron chi connectivity index (χ0n) is 6.06. The SMILES string of the molecule is O=[N+]([O-])c1[c-]c([N+](=O)[O-])ccc1.[Au+]. The van der Waals surface area contributed by atoms with Crippen LogP contribution >= 0.6 is 0 Å². The molecule has 0 aliphatic heterocycles. The summed E-state index contributed by atoms with van der Waals surface area (Å²) in [4.78, 5) is 18.8. The summed E-state index contributed by atoms with van der Waals surface area (Å²) in [6.45, 7) is 0. The van der Waals surface area contributed by atoms with Crippen molar-refractivity contribution in [1.82, 2.24) is 0 Å². The third kappa shape index (κ3) is 2.94. The molecule has 0 amide bonds. The Hall–Kier alpha value is -1.24. The van der Waals surface area contributed by atoms with E-state index >= 15 is 0 Å². The first-order chi connectivity index (χ1) is 5.61. The van der Waals surface area contributed by atoms with Crippen LogP contribution in [-0.2, 0) is 22.4 Å². The van der Waals surface area contributed by atoms with E-state index in [0.29, 0.717) is 0 Å². The Morgan fingerprint density at radius 3 is 1.77 bits per heavy atom. The second kappa shape index (κ2) is 4.70. The first-order valence-electron chi connectivity index (χ1n) is 2.92. The van der Waals surface area contributed by atoms with Crippen molar-refractivity contribution in [3.8, 4) is 0 Å². The van der Waals surface area contributed by atoms with Crippen molar-refractivity contribution in [2.45, 2.75) is 0 Å². The molecular weight excluding hydrogens is 361 g/mol. The summed E-state index contributed by atoms with van der Waals surface area (Å²) >= 11 is 0. The fourth-order valence-corrected chi connectivity index (χ4v) is 0.658. The molecule has 0 saturated heterocycles. The van der Waals surface area contributed by atoms with Gasteiger partial charge < -0.3 is 0 Å². The normalized spacial score (nSPS) is 8.62. The Morgan fingerprint density at radius 1 is 1.08 bits per heavy atom. The molecule has 7 heteroatoms. The zero-order valence-corrected chi connectivity index (χ0v) is 8.23. The average Bonchev–Trinajstić information content (AvgIpc) is 2.04. The molecule has 0 aliphatic carbocycles. The van der Waals surface area contributed by atoms with Crippen LogP contribution in [0.2, 0.25) is 0 Å². The van der Waals surface area contributed by atoms with E-state index in [2.05, 4.69) is 0 Å². The zero-order chi connectivity index (χ0) is 9.14. The minimum atomic E-state index is -0.729. The van der Waals surface area contributed by atoms with Gasteiger partial charge in [0.15, 0.2) is 11.4 Å². The minimum absolute atomic E-state index is 0. The Bertz CT molecular complexity index is 312. The number of non-ortho nitro benzene ring substituents is 2. The maximum Gasteiger partial charge on any atom is 1.00 e. The number of rotatable bonds is 2. The Labute approximate surface area is 88.4 Å². The van der Waals surface area contributed by atoms with Gasteiger partial charge in [0.1, 0.15) is 0 Å². The molecule has 0 saturated carbocycles. The maximum absolute atomic E-state index is 10.1. The molecule has 0 aromatic heterocycles. The van der Waals surface area contributed by atoms with Gasteiger partial charge in [-0.3, -0.25) is 20.2 Å². The van der Waals surface area contributed by atoms with E-state index in [9.17, 15) is 20.2 Å². The van der Waals surface area contributed by atoms with Gasteiger partial charge in [0.25, 0.3) is 0 Å². The predicted molar refractivity (Wildman–Crippen MR) is 38.6 cm³/mol. The summed E-state index contributed by atoms with van der Waals surface area (Å²) in [6.07, 6.45) is 0. The van der Waals surface area contributed by atoms with E-state index in [1.165, 1.54) is 6.07 Å². The van der Waals surface area contributed by atoms with Gasteiger partial charge in [-0.1, -0.05) is 12.1 Å². The molecule has 0 atom stereocenters. The van der Waals surface area contributed by atoms with E-state index in [1.54, 1.807) is 0 Å². The van der Waals surface area contributed by atoms with Gasteiger partial charge in [-0.15, -0.1) is 0 Å². The van der Waals surface area contributed by atoms with Crippen molar-refractivity contribution in [3.05, 3.63) is 44.5 Å². The molecule has 6 nitrogen and oxygen atoms in total.